The van der Waals surface area contributed by atoms with Gasteiger partial charge in [0.1, 0.15) is 6.04 Å². The molecular formula is C24H25ClN4O2S. The molecule has 3 aromatic rings. The molecule has 2 N–H and O–H groups in total. The number of aromatic nitrogens is 2. The van der Waals surface area contributed by atoms with Gasteiger partial charge in [0.25, 0.3) is 5.91 Å². The molecule has 1 atom stereocenters. The smallest absolute Gasteiger partial charge is 0.272 e. The van der Waals surface area contributed by atoms with Crippen molar-refractivity contribution in [2.24, 2.45) is 0 Å². The van der Waals surface area contributed by atoms with Crippen LogP contribution in [0.4, 0.5) is 0 Å². The Labute approximate surface area is 197 Å². The van der Waals surface area contributed by atoms with Gasteiger partial charge in [-0.1, -0.05) is 90.4 Å². The van der Waals surface area contributed by atoms with E-state index in [1.165, 1.54) is 18.0 Å². The second kappa shape index (κ2) is 11.6. The lowest BCUT2D eigenvalue weighted by Gasteiger charge is -2.19. The van der Waals surface area contributed by atoms with E-state index in [1.807, 2.05) is 68.4 Å². The van der Waals surface area contributed by atoms with Crippen LogP contribution in [-0.2, 0) is 17.8 Å². The van der Waals surface area contributed by atoms with Gasteiger partial charge >= 0.3 is 0 Å². The summed E-state index contributed by atoms with van der Waals surface area (Å²) in [7, 11) is 0. The lowest BCUT2D eigenvalue weighted by molar-refractivity contribution is -0.123. The third kappa shape index (κ3) is 6.80. The monoisotopic (exact) mass is 468 g/mol. The number of aryl methyl sites for hydroxylation is 1. The highest BCUT2D eigenvalue weighted by molar-refractivity contribution is 7.99. The van der Waals surface area contributed by atoms with Crippen LogP contribution in [0, 0.1) is 6.92 Å². The number of hydrogen-bond donors (Lipinski definition) is 2. The fourth-order valence-electron chi connectivity index (χ4n) is 3.01. The summed E-state index contributed by atoms with van der Waals surface area (Å²) in [5.74, 6) is -0.0290. The van der Waals surface area contributed by atoms with E-state index in [9.17, 15) is 9.59 Å². The molecule has 2 aromatic carbocycles. The van der Waals surface area contributed by atoms with Crippen LogP contribution in [0.3, 0.4) is 0 Å². The lowest BCUT2D eigenvalue weighted by atomic mass is 10.0. The maximum atomic E-state index is 13.0. The first-order valence-corrected chi connectivity index (χ1v) is 11.7. The van der Waals surface area contributed by atoms with E-state index >= 15 is 0 Å². The van der Waals surface area contributed by atoms with Gasteiger partial charge in [0.2, 0.25) is 5.91 Å². The van der Waals surface area contributed by atoms with Gasteiger partial charge in [-0.2, -0.15) is 0 Å². The summed E-state index contributed by atoms with van der Waals surface area (Å²) in [5.41, 5.74) is 3.12. The fraction of sp³-hybridized carbons (Fsp3) is 0.250. The Morgan fingerprint density at radius 1 is 1.06 bits per heavy atom. The Kier molecular flexibility index (Phi) is 8.64. The highest BCUT2D eigenvalue weighted by Crippen LogP contribution is 2.18. The Morgan fingerprint density at radius 3 is 2.47 bits per heavy atom. The first-order chi connectivity index (χ1) is 15.5. The van der Waals surface area contributed by atoms with Gasteiger partial charge in [-0.05, 0) is 23.8 Å². The molecule has 32 heavy (non-hydrogen) atoms. The number of hydrogen-bond acceptors (Lipinski definition) is 5. The lowest BCUT2D eigenvalue weighted by Crippen LogP contribution is -2.48. The molecule has 1 heterocycles. The first kappa shape index (κ1) is 23.8. The molecule has 0 fully saturated rings. The average molecular weight is 469 g/mol. The number of nitrogens with one attached hydrogen (secondary N) is 2. The van der Waals surface area contributed by atoms with Crippen LogP contribution in [0.2, 0.25) is 5.02 Å². The number of rotatable bonds is 9. The predicted octanol–water partition coefficient (Wildman–Crippen LogP) is 4.21. The molecule has 8 heteroatoms. The van der Waals surface area contributed by atoms with E-state index in [0.717, 1.165) is 22.4 Å². The standard InChI is InChI=1S/C24H25ClN4O2S/c1-3-32-24-27-15-19(25)21(29-24)23(31)28-20(13-17-7-5-4-6-8-17)22(30)26-14-18-11-9-16(2)10-12-18/h4-12,15,20H,3,13-14H2,1-2H3,(H,26,30)(H,28,31)/t20-/m1/s1. The second-order valence-corrected chi connectivity index (χ2v) is 8.84. The molecule has 0 radical (unpaired) electrons. The van der Waals surface area contributed by atoms with E-state index < -0.39 is 11.9 Å². The van der Waals surface area contributed by atoms with Crippen LogP contribution in [0.15, 0.2) is 66.0 Å². The normalized spacial score (nSPS) is 11.6. The maximum absolute atomic E-state index is 13.0. The summed E-state index contributed by atoms with van der Waals surface area (Å²) in [6.07, 6.45) is 1.75. The first-order valence-electron chi connectivity index (χ1n) is 10.3. The fourth-order valence-corrected chi connectivity index (χ4v) is 3.73. The minimum atomic E-state index is -0.788. The second-order valence-electron chi connectivity index (χ2n) is 7.20. The molecule has 0 aliphatic rings. The van der Waals surface area contributed by atoms with Crippen LogP contribution in [0.5, 0.6) is 0 Å². The molecule has 0 aliphatic heterocycles. The molecule has 166 valence electrons. The quantitative estimate of drug-likeness (QED) is 0.363. The van der Waals surface area contributed by atoms with Gasteiger partial charge in [-0.15, -0.1) is 0 Å². The van der Waals surface area contributed by atoms with Crippen LogP contribution >= 0.6 is 23.4 Å². The number of thioether (sulfide) groups is 1. The van der Waals surface area contributed by atoms with E-state index in [0.29, 0.717) is 18.1 Å². The zero-order valence-corrected chi connectivity index (χ0v) is 19.5. The number of carbonyl (C=O) groups is 2. The molecule has 1 aromatic heterocycles. The van der Waals surface area contributed by atoms with Gasteiger partial charge in [0, 0.05) is 13.0 Å². The number of amides is 2. The van der Waals surface area contributed by atoms with Crippen molar-refractivity contribution in [2.45, 2.75) is 38.0 Å². The number of carbonyl (C=O) groups excluding carboxylic acids is 2. The summed E-state index contributed by atoms with van der Waals surface area (Å²) in [6, 6.07) is 16.7. The molecule has 0 unspecified atom stereocenters. The van der Waals surface area contributed by atoms with Crippen molar-refractivity contribution < 1.29 is 9.59 Å². The Balaban J connectivity index is 1.76. The van der Waals surface area contributed by atoms with Crippen molar-refractivity contribution in [1.29, 1.82) is 0 Å². The summed E-state index contributed by atoms with van der Waals surface area (Å²) >= 11 is 7.58. The Bertz CT molecular complexity index is 1060. The van der Waals surface area contributed by atoms with E-state index in [4.69, 9.17) is 11.6 Å². The van der Waals surface area contributed by atoms with E-state index in [1.54, 1.807) is 0 Å². The van der Waals surface area contributed by atoms with Crippen molar-refractivity contribution >= 4 is 35.2 Å². The van der Waals surface area contributed by atoms with Gasteiger partial charge in [-0.3, -0.25) is 9.59 Å². The van der Waals surface area contributed by atoms with Gasteiger partial charge in [0.05, 0.1) is 11.2 Å². The predicted molar refractivity (Wildman–Crippen MR) is 128 cm³/mol. The van der Waals surface area contributed by atoms with Crippen molar-refractivity contribution in [1.82, 2.24) is 20.6 Å². The molecule has 0 bridgehead atoms. The topological polar surface area (TPSA) is 84.0 Å². The highest BCUT2D eigenvalue weighted by Gasteiger charge is 2.24. The molecule has 3 rings (SSSR count). The van der Waals surface area contributed by atoms with Crippen LogP contribution < -0.4 is 10.6 Å². The SMILES string of the molecule is CCSc1ncc(Cl)c(C(=O)N[C@H](Cc2ccccc2)C(=O)NCc2ccc(C)cc2)n1. The summed E-state index contributed by atoms with van der Waals surface area (Å²) < 4.78 is 0. The summed E-state index contributed by atoms with van der Waals surface area (Å²) in [5, 5.41) is 6.32. The molecule has 0 saturated heterocycles. The number of benzene rings is 2. The van der Waals surface area contributed by atoms with E-state index in [2.05, 4.69) is 20.6 Å². The molecule has 0 saturated carbocycles. The largest absolute Gasteiger partial charge is 0.350 e. The average Bonchev–Trinajstić information content (AvgIpc) is 2.80. The third-order valence-corrected chi connectivity index (χ3v) is 5.72. The number of nitrogens with zero attached hydrogens (tertiary/aromatic N) is 2. The molecule has 0 spiro atoms. The molecular weight excluding hydrogens is 444 g/mol. The molecule has 2 amide bonds. The third-order valence-electron chi connectivity index (χ3n) is 4.70. The minimum Gasteiger partial charge on any atom is -0.350 e. The van der Waals surface area contributed by atoms with Gasteiger partial charge < -0.3 is 10.6 Å². The van der Waals surface area contributed by atoms with Crippen LogP contribution in [-0.4, -0.2) is 33.6 Å². The zero-order valence-electron chi connectivity index (χ0n) is 18.0. The van der Waals surface area contributed by atoms with Crippen molar-refractivity contribution in [3.63, 3.8) is 0 Å². The van der Waals surface area contributed by atoms with E-state index in [-0.39, 0.29) is 16.6 Å². The summed E-state index contributed by atoms with van der Waals surface area (Å²) in [6.45, 7) is 4.35. The zero-order chi connectivity index (χ0) is 22.9. The summed E-state index contributed by atoms with van der Waals surface area (Å²) in [4.78, 5) is 34.4. The van der Waals surface area contributed by atoms with Crippen molar-refractivity contribution in [3.8, 4) is 0 Å². The van der Waals surface area contributed by atoms with Crippen molar-refractivity contribution in [2.75, 3.05) is 5.75 Å². The molecule has 0 aliphatic carbocycles. The minimum absolute atomic E-state index is 0.0574. The van der Waals surface area contributed by atoms with Crippen LogP contribution in [0.25, 0.3) is 0 Å². The van der Waals surface area contributed by atoms with Gasteiger partial charge in [-0.25, -0.2) is 9.97 Å². The Hall–Kier alpha value is -2.90. The highest BCUT2D eigenvalue weighted by atomic mass is 35.5. The maximum Gasteiger partial charge on any atom is 0.272 e. The van der Waals surface area contributed by atoms with Crippen LogP contribution in [0.1, 0.15) is 34.1 Å². The van der Waals surface area contributed by atoms with Gasteiger partial charge in [0.15, 0.2) is 10.9 Å². The molecule has 6 nitrogen and oxygen atoms in total. The van der Waals surface area contributed by atoms with Crippen molar-refractivity contribution in [3.05, 3.63) is 88.2 Å². The Morgan fingerprint density at radius 2 is 1.78 bits per heavy atom. The number of halogens is 1.